The maximum absolute atomic E-state index is 16.3. The summed E-state index contributed by atoms with van der Waals surface area (Å²) in [6, 6.07) is 2.49. The van der Waals surface area contributed by atoms with E-state index in [4.69, 9.17) is 74.7 Å². The number of aliphatic hydroxyl groups excluding tert-OH is 6. The highest BCUT2D eigenvalue weighted by atomic mass is 35.5. The molecule has 7 aliphatic rings. The average molecular weight is 1810 g/mol. The number of halogens is 4. The summed E-state index contributed by atoms with van der Waals surface area (Å²) in [6.45, 7) is 5.43. The molecule has 0 aliphatic carbocycles. The first-order valence-electron chi connectivity index (χ1n) is 39.1. The van der Waals surface area contributed by atoms with Crippen molar-refractivity contribution >= 4 is 99.8 Å². The Hall–Kier alpha value is -12.1. The van der Waals surface area contributed by atoms with Crippen LogP contribution >= 0.6 is 34.8 Å². The Labute approximate surface area is 729 Å². The number of hydrogen-bond acceptors (Lipinski definition) is 29. The molecule has 24 N–H and O–H groups in total. The van der Waals surface area contributed by atoms with Gasteiger partial charge in [-0.2, -0.15) is 4.98 Å². The summed E-state index contributed by atoms with van der Waals surface area (Å²) in [6.07, 6.45) is -18.8. The molecule has 14 rings (SSSR count). The third-order valence-electron chi connectivity index (χ3n) is 21.4. The number of nitrogens with zero attached hydrogens (tertiary/aromatic N) is 2. The first-order chi connectivity index (χ1) is 59.7. The lowest BCUT2D eigenvalue weighted by Crippen LogP contribution is -2.65. The third-order valence-corrected chi connectivity index (χ3v) is 22.3. The van der Waals surface area contributed by atoms with E-state index in [0.29, 0.717) is 5.56 Å². The van der Waals surface area contributed by atoms with Crippen LogP contribution < -0.4 is 90.1 Å². The Morgan fingerprint density at radius 1 is 0.706 bits per heavy atom. The molecule has 7 aromatic rings. The van der Waals surface area contributed by atoms with E-state index >= 15 is 24.0 Å². The molecular weight excluding hydrogens is 1720 g/mol. The number of anilines is 1. The molecular formula is C81H89Cl3FN15O26. The maximum atomic E-state index is 16.3. The molecule has 18 atom stereocenters. The molecule has 0 unspecified atom stereocenters. The number of carbonyl (C=O) groups excluding carboxylic acids is 10. The van der Waals surface area contributed by atoms with Crippen LogP contribution in [0, 0.1) is 11.7 Å². The number of carbonyl (C=O) groups is 10. The van der Waals surface area contributed by atoms with Gasteiger partial charge in [-0.25, -0.2) is 19.4 Å². The largest absolute Gasteiger partial charge is 0.508 e. The zero-order valence-corrected chi connectivity index (χ0v) is 69.5. The minimum Gasteiger partial charge on any atom is -0.508 e. The summed E-state index contributed by atoms with van der Waals surface area (Å²) in [5.74, 6) is -17.8. The second-order valence-electron chi connectivity index (χ2n) is 31.0. The number of primary amides is 2. The summed E-state index contributed by atoms with van der Waals surface area (Å²) in [7, 11) is 1.46. The van der Waals surface area contributed by atoms with Crippen LogP contribution in [0.2, 0.25) is 15.1 Å². The Kier molecular flexibility index (Phi) is 28.9. The first kappa shape index (κ1) is 93.0. The van der Waals surface area contributed by atoms with E-state index in [1.807, 2.05) is 10.9 Å². The van der Waals surface area contributed by atoms with Gasteiger partial charge in [-0.1, -0.05) is 72.9 Å². The van der Waals surface area contributed by atoms with E-state index in [-0.39, 0.29) is 60.2 Å². The fraction of sp³-hybridized carbons (Fsp3) is 0.383. The molecule has 2 saturated heterocycles. The monoisotopic (exact) mass is 1810 g/mol. The fourth-order valence-electron chi connectivity index (χ4n) is 15.0. The molecule has 0 radical (unpaired) electrons. The van der Waals surface area contributed by atoms with Crippen LogP contribution in [-0.2, 0) is 70.3 Å². The molecule has 8 heterocycles. The van der Waals surface area contributed by atoms with Crippen molar-refractivity contribution in [1.29, 1.82) is 0 Å². The second kappa shape index (κ2) is 39.2. The third kappa shape index (κ3) is 21.0. The molecule has 45 heteroatoms. The number of aromatic hydroxyl groups is 3. The molecule has 2 fully saturated rings. The lowest BCUT2D eigenvalue weighted by Gasteiger charge is -2.48. The van der Waals surface area contributed by atoms with Crippen LogP contribution in [0.4, 0.5) is 15.0 Å². The Morgan fingerprint density at radius 2 is 1.36 bits per heavy atom. The number of urea groups is 1. The van der Waals surface area contributed by atoms with Crippen LogP contribution in [-0.4, -0.2) is 214 Å². The van der Waals surface area contributed by atoms with Crippen molar-refractivity contribution in [2.45, 2.75) is 169 Å². The van der Waals surface area contributed by atoms with Crippen molar-refractivity contribution in [2.24, 2.45) is 17.4 Å². The number of aromatic nitrogens is 2. The topological polar surface area (TPSA) is 627 Å². The Morgan fingerprint density at radius 3 is 1.98 bits per heavy atom. The van der Waals surface area contributed by atoms with E-state index in [0.717, 1.165) is 78.9 Å². The van der Waals surface area contributed by atoms with Gasteiger partial charge in [0.1, 0.15) is 107 Å². The standard InChI is InChI=1S/C81H89Cl3FN15O26/c1-31(2)18-45(88-5)71(112)96-62-64(107)35-8-12-49(42(83)22-35)122-51-24-37-25-52(68(51)126-78-69(67(110)66(109)53(30-101)124-78)125-57-29-81(4,70(111)32(3)121-57)89-15-17-100-16-14-55(92-80(100)120)91-56(106)20-33-6-10-41(82)44(85)19-33)123-50-13-9-36(23-43(50)84)65(108)63-76(117)95-61(77(118)98-99-79(87)119)40-26-38(102)27-48(104)58(40)39-21-34(7-11-47(39)103)59(73(114)97-63)94-74(115)60(37)93-72(113)46(28-54(86)105)90-75(62)116/h6-14,16,19,21-27,31-32,45-46,53,57,59-67,69-70,78,88-89,101-104,107-111H,15,17-18,20,28-30H2,1-5H3,(H2,86,105)(H,90,116)(H,93,113)(H,94,115)(H,95,117)(H,96,112)(H,97,114)(H,98,118)(H3,87,99,119)(H,91,92,106,120)/t32-,45+,46-,53+,57-,59+,60+,61+,62+,63-,64+,65+,66+,67-,69+,70+,78-,81-/m0/s1. The lowest BCUT2D eigenvalue weighted by atomic mass is 9.85. The van der Waals surface area contributed by atoms with Crippen LogP contribution in [0.25, 0.3) is 11.1 Å². The van der Waals surface area contributed by atoms with Gasteiger partial charge in [0, 0.05) is 48.4 Å². The van der Waals surface area contributed by atoms with E-state index in [1.165, 1.54) is 49.0 Å². The molecule has 126 heavy (non-hydrogen) atoms. The van der Waals surface area contributed by atoms with Gasteiger partial charge in [0.15, 0.2) is 23.9 Å². The minimum atomic E-state index is -2.43. The predicted octanol–water partition coefficient (Wildman–Crippen LogP) is 0.583. The van der Waals surface area contributed by atoms with Gasteiger partial charge in [0.05, 0.1) is 52.8 Å². The van der Waals surface area contributed by atoms with Gasteiger partial charge >= 0.3 is 11.7 Å². The zero-order chi connectivity index (χ0) is 91.4. The molecule has 7 aliphatic heterocycles. The van der Waals surface area contributed by atoms with Crippen molar-refractivity contribution in [1.82, 2.24) is 62.9 Å². The quantitative estimate of drug-likeness (QED) is 0.0464. The molecule has 0 spiro atoms. The number of fused-ring (bicyclic) bond motifs is 15. The fourth-order valence-corrected chi connectivity index (χ4v) is 15.6. The summed E-state index contributed by atoms with van der Waals surface area (Å²) in [5.41, 5.74) is 9.83. The van der Waals surface area contributed by atoms with Gasteiger partial charge in [-0.15, -0.1) is 0 Å². The number of aliphatic hydroxyl groups is 6. The maximum Gasteiger partial charge on any atom is 0.349 e. The number of hydrogen-bond donors (Lipinski definition) is 22. The number of nitrogens with one attached hydrogen (secondary N) is 11. The molecule has 1 aromatic heterocycles. The van der Waals surface area contributed by atoms with Crippen molar-refractivity contribution in [3.63, 3.8) is 0 Å². The van der Waals surface area contributed by atoms with Crippen LogP contribution in [0.1, 0.15) is 111 Å². The van der Waals surface area contributed by atoms with Crippen LogP contribution in [0.5, 0.6) is 46.0 Å². The van der Waals surface area contributed by atoms with E-state index < -0.39 is 277 Å². The summed E-state index contributed by atoms with van der Waals surface area (Å²) < 4.78 is 54.6. The van der Waals surface area contributed by atoms with Crippen molar-refractivity contribution < 1.29 is 127 Å². The van der Waals surface area contributed by atoms with Gasteiger partial charge in [-0.05, 0) is 139 Å². The first-order valence-corrected chi connectivity index (χ1v) is 40.2. The average Bonchev–Trinajstić information content (AvgIpc) is 0.764. The van der Waals surface area contributed by atoms with E-state index in [9.17, 15) is 79.1 Å². The second-order valence-corrected chi connectivity index (χ2v) is 32.2. The number of phenols is 3. The zero-order valence-electron chi connectivity index (χ0n) is 67.3. The smallest absolute Gasteiger partial charge is 0.349 e. The Balaban J connectivity index is 1.000. The molecule has 11 amide bonds. The highest BCUT2D eigenvalue weighted by Crippen LogP contribution is 2.50. The summed E-state index contributed by atoms with van der Waals surface area (Å²) in [5, 5.41) is 129. The minimum absolute atomic E-state index is 0.0722. The molecule has 0 saturated carbocycles. The van der Waals surface area contributed by atoms with Crippen molar-refractivity contribution in [2.75, 3.05) is 25.5 Å². The molecule has 41 nitrogen and oxygen atoms in total. The normalized spacial score (nSPS) is 25.8. The number of nitrogens with two attached hydrogens (primary N) is 2. The highest BCUT2D eigenvalue weighted by molar-refractivity contribution is 6.32. The van der Waals surface area contributed by atoms with E-state index in [2.05, 4.69) is 52.8 Å². The number of likely N-dealkylation sites (N-methyl/N-ethyl adjacent to an activating group) is 1. The van der Waals surface area contributed by atoms with Gasteiger partial charge in [0.2, 0.25) is 59.3 Å². The number of phenolic OH excluding ortho intramolecular Hbond substituents is 3. The molecule has 6 aromatic carbocycles. The number of benzene rings is 6. The Bertz CT molecular complexity index is 5470. The molecule has 672 valence electrons. The SMILES string of the molecule is CN[C@H](CC(C)C)C(=O)N[C@H]1C(=O)N[C@@H](CC(N)=O)C(=O)N[C@H]2C(=O)N[C@H]3C(=O)N[C@H](C(=O)N[C@@H](C(=O)NNC(N)=O)c4cc(O)cc(O)c4-c4cc3ccc4O)[C@H](O)c3ccc(c(Cl)c3)Oc3cc2cc(c3O[C@@H]2O[C@H](CO)[C@@H](O)[C@H](O)[C@H]2O[C@H]2C[C@](C)(NCCn3ccc(NC(=O)Cc4ccc(Cl)c(F)c4)nc3=O)[C@H](O)[C@H](C)O2)Oc2ccc(cc2Cl)[C@H]1O. The van der Waals surface area contributed by atoms with Crippen molar-refractivity contribution in [3.8, 4) is 57.1 Å². The van der Waals surface area contributed by atoms with Crippen LogP contribution in [0.3, 0.4) is 0 Å². The van der Waals surface area contributed by atoms with E-state index in [1.54, 1.807) is 20.8 Å². The number of ether oxygens (including phenoxy) is 6. The molecule has 11 bridgehead atoms. The lowest BCUT2D eigenvalue weighted by molar-refractivity contribution is -0.334. The highest BCUT2D eigenvalue weighted by Gasteiger charge is 2.52. The summed E-state index contributed by atoms with van der Waals surface area (Å²) in [4.78, 5) is 162. The van der Waals surface area contributed by atoms with Gasteiger partial charge < -0.3 is 134 Å². The number of hydrazine groups is 1. The van der Waals surface area contributed by atoms with Crippen molar-refractivity contribution in [3.05, 3.63) is 174 Å². The van der Waals surface area contributed by atoms with Crippen LogP contribution in [0.15, 0.2) is 114 Å². The number of rotatable bonds is 20. The number of amides is 11. The summed E-state index contributed by atoms with van der Waals surface area (Å²) >= 11 is 20.1. The van der Waals surface area contributed by atoms with Gasteiger partial charge in [-0.3, -0.25) is 53.1 Å². The predicted molar refractivity (Wildman–Crippen MR) is 439 cm³/mol. The van der Waals surface area contributed by atoms with Gasteiger partial charge in [0.25, 0.3) is 5.91 Å².